The number of nitrogens with zero attached hydrogens (tertiary/aromatic N) is 2. The predicted octanol–water partition coefficient (Wildman–Crippen LogP) is 16.9. The van der Waals surface area contributed by atoms with Crippen molar-refractivity contribution in [2.45, 2.75) is 104 Å². The van der Waals surface area contributed by atoms with E-state index in [1.807, 2.05) is 0 Å². The summed E-state index contributed by atoms with van der Waals surface area (Å²) >= 11 is 0. The minimum atomic E-state index is 0.679. The molecule has 58 heavy (non-hydrogen) atoms. The van der Waals surface area contributed by atoms with Crippen molar-refractivity contribution in [3.05, 3.63) is 167 Å². The number of rotatable bonds is 8. The highest BCUT2D eigenvalue weighted by Crippen LogP contribution is 2.49. The SMILES string of the molecule is Cc1cccc(C)c1N(c1ccc(C2CCCCC2)cc1)c1ccc2ccc3c(N(c4ccc(C5CCCCC5)cc4)c4c(C)cccc4C)ccc4ccc1c2c43. The van der Waals surface area contributed by atoms with E-state index >= 15 is 0 Å². The number of benzene rings is 8. The summed E-state index contributed by atoms with van der Waals surface area (Å²) in [7, 11) is 0. The second-order valence-electron chi connectivity index (χ2n) is 17.6. The molecule has 2 nitrogen and oxygen atoms in total. The Kier molecular flexibility index (Phi) is 9.68. The van der Waals surface area contributed by atoms with E-state index < -0.39 is 0 Å². The number of hydrogen-bond donors (Lipinski definition) is 0. The van der Waals surface area contributed by atoms with Gasteiger partial charge in [0, 0.05) is 22.1 Å². The van der Waals surface area contributed by atoms with Crippen LogP contribution in [0.4, 0.5) is 34.1 Å². The summed E-state index contributed by atoms with van der Waals surface area (Å²) in [6.45, 7) is 9.05. The van der Waals surface area contributed by atoms with Gasteiger partial charge in [-0.05, 0) is 157 Å². The van der Waals surface area contributed by atoms with Crippen molar-refractivity contribution in [1.82, 2.24) is 0 Å². The molecule has 2 saturated carbocycles. The first-order valence-corrected chi connectivity index (χ1v) is 22.1. The van der Waals surface area contributed by atoms with E-state index in [4.69, 9.17) is 0 Å². The maximum Gasteiger partial charge on any atom is 0.0540 e. The lowest BCUT2D eigenvalue weighted by molar-refractivity contribution is 0.443. The number of anilines is 6. The average Bonchev–Trinajstić information content (AvgIpc) is 3.26. The second-order valence-corrected chi connectivity index (χ2v) is 17.6. The standard InChI is InChI=1S/C56H56N2/c1-37-13-11-14-38(2)55(37)57(47-29-21-43(22-30-47)41-17-7-5-8-18-41)51-35-27-45-26-34-50-52(36-28-46-25-33-49(51)53(45)54(46)50)58(56-39(3)15-12-16-40(56)4)48-31-23-44(24-32-48)42-19-9-6-10-20-42/h11-16,21-36,41-42H,5-10,17-20H2,1-4H3. The van der Waals surface area contributed by atoms with Gasteiger partial charge in [0.05, 0.1) is 22.7 Å². The van der Waals surface area contributed by atoms with E-state index in [1.165, 1.54) is 164 Å². The lowest BCUT2D eigenvalue weighted by Gasteiger charge is -2.32. The fourth-order valence-electron chi connectivity index (χ4n) is 10.9. The molecule has 0 amide bonds. The first-order chi connectivity index (χ1) is 28.4. The smallest absolute Gasteiger partial charge is 0.0540 e. The van der Waals surface area contributed by atoms with Crippen LogP contribution in [0.5, 0.6) is 0 Å². The van der Waals surface area contributed by atoms with Crippen LogP contribution in [0.2, 0.25) is 0 Å². The molecule has 0 N–H and O–H groups in total. The summed E-state index contributed by atoms with van der Waals surface area (Å²) in [5.74, 6) is 1.36. The Morgan fingerprint density at radius 1 is 0.362 bits per heavy atom. The lowest BCUT2D eigenvalue weighted by Crippen LogP contribution is -2.14. The maximum atomic E-state index is 2.54. The van der Waals surface area contributed by atoms with Gasteiger partial charge in [0.25, 0.3) is 0 Å². The molecule has 0 spiro atoms. The lowest BCUT2D eigenvalue weighted by atomic mass is 9.84. The van der Waals surface area contributed by atoms with Gasteiger partial charge in [0.2, 0.25) is 0 Å². The van der Waals surface area contributed by atoms with E-state index in [1.54, 1.807) is 0 Å². The van der Waals surface area contributed by atoms with Crippen molar-refractivity contribution in [3.63, 3.8) is 0 Å². The van der Waals surface area contributed by atoms with Gasteiger partial charge >= 0.3 is 0 Å². The molecule has 290 valence electrons. The van der Waals surface area contributed by atoms with Gasteiger partial charge in [0.1, 0.15) is 0 Å². The fraction of sp³-hybridized carbons (Fsp3) is 0.286. The zero-order valence-corrected chi connectivity index (χ0v) is 34.8. The van der Waals surface area contributed by atoms with Crippen LogP contribution in [-0.4, -0.2) is 0 Å². The zero-order chi connectivity index (χ0) is 39.3. The molecule has 2 fully saturated rings. The van der Waals surface area contributed by atoms with E-state index in [0.717, 1.165) is 0 Å². The molecular weight excluding hydrogens is 701 g/mol. The summed E-state index contributed by atoms with van der Waals surface area (Å²) in [4.78, 5) is 5.08. The van der Waals surface area contributed by atoms with Gasteiger partial charge in [-0.2, -0.15) is 0 Å². The van der Waals surface area contributed by atoms with Crippen molar-refractivity contribution in [2.75, 3.05) is 9.80 Å². The molecule has 0 aliphatic heterocycles. The summed E-state index contributed by atoms with van der Waals surface area (Å²) in [5, 5.41) is 7.78. The molecule has 0 bridgehead atoms. The van der Waals surface area contributed by atoms with Gasteiger partial charge in [-0.25, -0.2) is 0 Å². The molecule has 10 rings (SSSR count). The average molecular weight is 757 g/mol. The summed E-state index contributed by atoms with van der Waals surface area (Å²) < 4.78 is 0. The van der Waals surface area contributed by atoms with Gasteiger partial charge < -0.3 is 9.80 Å². The first kappa shape index (κ1) is 36.7. The molecule has 8 aromatic rings. The van der Waals surface area contributed by atoms with Crippen molar-refractivity contribution >= 4 is 66.4 Å². The van der Waals surface area contributed by atoms with Gasteiger partial charge in [-0.3, -0.25) is 0 Å². The number of aryl methyl sites for hydroxylation is 4. The van der Waals surface area contributed by atoms with Crippen LogP contribution in [-0.2, 0) is 0 Å². The van der Waals surface area contributed by atoms with Crippen LogP contribution in [0.1, 0.15) is 109 Å². The topological polar surface area (TPSA) is 6.48 Å². The highest BCUT2D eigenvalue weighted by atomic mass is 15.2. The minimum Gasteiger partial charge on any atom is -0.309 e. The van der Waals surface area contributed by atoms with Crippen LogP contribution in [0.25, 0.3) is 32.3 Å². The highest BCUT2D eigenvalue weighted by Gasteiger charge is 2.25. The van der Waals surface area contributed by atoms with Crippen molar-refractivity contribution in [1.29, 1.82) is 0 Å². The van der Waals surface area contributed by atoms with Crippen LogP contribution in [0.3, 0.4) is 0 Å². The summed E-state index contributed by atoms with van der Waals surface area (Å²) in [6.07, 6.45) is 13.4. The fourth-order valence-corrected chi connectivity index (χ4v) is 10.9. The van der Waals surface area contributed by atoms with Gasteiger partial charge in [0.15, 0.2) is 0 Å². The summed E-state index contributed by atoms with van der Waals surface area (Å²) in [5.41, 5.74) is 15.5. The Bertz CT molecular complexity index is 2500. The van der Waals surface area contributed by atoms with E-state index in [2.05, 4.69) is 171 Å². The Labute approximate surface area is 345 Å². The first-order valence-electron chi connectivity index (χ1n) is 22.1. The molecule has 0 aromatic heterocycles. The largest absolute Gasteiger partial charge is 0.309 e. The molecule has 0 unspecified atom stereocenters. The number of para-hydroxylation sites is 2. The van der Waals surface area contributed by atoms with Gasteiger partial charge in [-0.1, -0.05) is 136 Å². The van der Waals surface area contributed by atoms with Gasteiger partial charge in [-0.15, -0.1) is 0 Å². The summed E-state index contributed by atoms with van der Waals surface area (Å²) in [6, 6.07) is 51.5. The minimum absolute atomic E-state index is 0.679. The molecule has 0 heterocycles. The molecule has 2 heteroatoms. The Hall–Kier alpha value is -5.60. The zero-order valence-electron chi connectivity index (χ0n) is 34.8. The molecule has 8 aromatic carbocycles. The normalized spacial score (nSPS) is 15.4. The highest BCUT2D eigenvalue weighted by molar-refractivity contribution is 6.28. The van der Waals surface area contributed by atoms with Crippen molar-refractivity contribution in [2.24, 2.45) is 0 Å². The Morgan fingerprint density at radius 2 is 0.707 bits per heavy atom. The molecular formula is C56H56N2. The second kappa shape index (κ2) is 15.3. The molecule has 0 radical (unpaired) electrons. The van der Waals surface area contributed by atoms with Crippen LogP contribution < -0.4 is 9.80 Å². The monoisotopic (exact) mass is 756 g/mol. The van der Waals surface area contributed by atoms with E-state index in [0.29, 0.717) is 11.8 Å². The third-order valence-corrected chi connectivity index (χ3v) is 13.9. The van der Waals surface area contributed by atoms with Crippen molar-refractivity contribution in [3.8, 4) is 0 Å². The quantitative estimate of drug-likeness (QED) is 0.142. The van der Waals surface area contributed by atoms with Crippen molar-refractivity contribution < 1.29 is 0 Å². The Balaban J connectivity index is 1.17. The molecule has 0 atom stereocenters. The van der Waals surface area contributed by atoms with Crippen LogP contribution in [0, 0.1) is 27.7 Å². The molecule has 2 aliphatic rings. The van der Waals surface area contributed by atoms with E-state index in [9.17, 15) is 0 Å². The number of hydrogen-bond acceptors (Lipinski definition) is 2. The van der Waals surface area contributed by atoms with Crippen LogP contribution in [0.15, 0.2) is 133 Å². The Morgan fingerprint density at radius 3 is 1.07 bits per heavy atom. The predicted molar refractivity (Wildman–Crippen MR) is 250 cm³/mol. The van der Waals surface area contributed by atoms with Crippen LogP contribution >= 0.6 is 0 Å². The third-order valence-electron chi connectivity index (χ3n) is 13.9. The third kappa shape index (κ3) is 6.42. The molecule has 0 saturated heterocycles. The van der Waals surface area contributed by atoms with E-state index in [-0.39, 0.29) is 0 Å². The maximum absolute atomic E-state index is 2.54. The molecule has 2 aliphatic carbocycles.